The Labute approximate surface area is 234 Å². The molecular weight excluding hydrogens is 504 g/mol. The third kappa shape index (κ3) is 6.24. The van der Waals surface area contributed by atoms with E-state index < -0.39 is 0 Å². The normalized spacial score (nSPS) is 14.6. The van der Waals surface area contributed by atoms with Crippen molar-refractivity contribution in [1.82, 2.24) is 14.5 Å². The number of benzene rings is 3. The number of amides is 2. The van der Waals surface area contributed by atoms with Crippen molar-refractivity contribution in [2.24, 2.45) is 0 Å². The van der Waals surface area contributed by atoms with Crippen molar-refractivity contribution >= 4 is 17.8 Å². The zero-order valence-electron chi connectivity index (χ0n) is 23.1. The van der Waals surface area contributed by atoms with E-state index in [0.29, 0.717) is 30.4 Å². The topological polar surface area (TPSA) is 85.7 Å². The molecule has 3 aromatic carbocycles. The Bertz CT molecular complexity index is 1470. The van der Waals surface area contributed by atoms with Crippen LogP contribution in [0.15, 0.2) is 79.0 Å². The number of hydrogen-bond acceptors (Lipinski definition) is 5. The van der Waals surface area contributed by atoms with Crippen molar-refractivity contribution in [2.45, 2.75) is 32.8 Å². The van der Waals surface area contributed by atoms with Crippen LogP contribution in [0.3, 0.4) is 0 Å². The molecule has 2 heterocycles. The van der Waals surface area contributed by atoms with Crippen molar-refractivity contribution in [1.29, 1.82) is 0 Å². The number of methoxy groups -OCH3 is 1. The highest BCUT2D eigenvalue weighted by atomic mass is 16.5. The van der Waals surface area contributed by atoms with Crippen molar-refractivity contribution in [3.05, 3.63) is 95.7 Å². The summed E-state index contributed by atoms with van der Waals surface area (Å²) in [6, 6.07) is 23.0. The number of rotatable bonds is 9. The van der Waals surface area contributed by atoms with E-state index >= 15 is 0 Å². The molecule has 0 unspecified atom stereocenters. The van der Waals surface area contributed by atoms with Gasteiger partial charge in [0.25, 0.3) is 5.91 Å². The van der Waals surface area contributed by atoms with Gasteiger partial charge >= 0.3 is 0 Å². The SMILES string of the molecule is COc1ccc(-c2cn(-c3ccc(C)cc3)c(NC(=O)CN(C[C@@H]3CCCO3)C(=O)c3ccccc3C)n2)cc1. The largest absolute Gasteiger partial charge is 0.497 e. The lowest BCUT2D eigenvalue weighted by molar-refractivity contribution is -0.117. The van der Waals surface area contributed by atoms with Crippen LogP contribution in [0.2, 0.25) is 0 Å². The molecule has 40 heavy (non-hydrogen) atoms. The molecule has 0 aliphatic carbocycles. The van der Waals surface area contributed by atoms with Gasteiger partial charge < -0.3 is 14.4 Å². The van der Waals surface area contributed by atoms with Gasteiger partial charge in [-0.3, -0.25) is 19.5 Å². The van der Waals surface area contributed by atoms with Crippen LogP contribution in [0.5, 0.6) is 5.75 Å². The molecule has 1 atom stereocenters. The minimum absolute atomic E-state index is 0.0861. The number of imidazole rings is 1. The monoisotopic (exact) mass is 538 g/mol. The third-order valence-corrected chi connectivity index (χ3v) is 7.10. The molecule has 2 amide bonds. The fourth-order valence-corrected chi connectivity index (χ4v) is 4.85. The molecule has 1 saturated heterocycles. The quantitative estimate of drug-likeness (QED) is 0.307. The number of carbonyl (C=O) groups excluding carboxylic acids is 2. The summed E-state index contributed by atoms with van der Waals surface area (Å²) in [5, 5.41) is 2.97. The van der Waals surface area contributed by atoms with Gasteiger partial charge in [-0.1, -0.05) is 35.9 Å². The van der Waals surface area contributed by atoms with Gasteiger partial charge in [0.2, 0.25) is 11.9 Å². The van der Waals surface area contributed by atoms with Gasteiger partial charge in [0.05, 0.1) is 18.9 Å². The van der Waals surface area contributed by atoms with Crippen molar-refractivity contribution < 1.29 is 19.1 Å². The second-order valence-electron chi connectivity index (χ2n) is 10.1. The van der Waals surface area contributed by atoms with Crippen LogP contribution in [-0.4, -0.2) is 59.2 Å². The Morgan fingerprint density at radius 3 is 2.48 bits per heavy atom. The van der Waals surface area contributed by atoms with E-state index in [4.69, 9.17) is 14.5 Å². The molecule has 1 aliphatic rings. The van der Waals surface area contributed by atoms with Crippen LogP contribution < -0.4 is 10.1 Å². The maximum atomic E-state index is 13.6. The Hall–Kier alpha value is -4.43. The zero-order chi connectivity index (χ0) is 28.1. The van der Waals surface area contributed by atoms with Gasteiger partial charge in [0, 0.05) is 36.2 Å². The highest BCUT2D eigenvalue weighted by Crippen LogP contribution is 2.26. The van der Waals surface area contributed by atoms with Crippen molar-refractivity contribution in [3.63, 3.8) is 0 Å². The Morgan fingerprint density at radius 2 is 1.80 bits per heavy atom. The van der Waals surface area contributed by atoms with Crippen LogP contribution >= 0.6 is 0 Å². The van der Waals surface area contributed by atoms with E-state index in [2.05, 4.69) is 5.32 Å². The minimum Gasteiger partial charge on any atom is -0.497 e. The van der Waals surface area contributed by atoms with Crippen LogP contribution in [0.25, 0.3) is 16.9 Å². The Morgan fingerprint density at radius 1 is 1.05 bits per heavy atom. The van der Waals surface area contributed by atoms with E-state index in [9.17, 15) is 9.59 Å². The summed E-state index contributed by atoms with van der Waals surface area (Å²) in [6.07, 6.45) is 3.62. The van der Waals surface area contributed by atoms with Crippen LogP contribution in [0.4, 0.5) is 5.95 Å². The second-order valence-corrected chi connectivity index (χ2v) is 10.1. The van der Waals surface area contributed by atoms with Gasteiger partial charge in [0.15, 0.2) is 0 Å². The lowest BCUT2D eigenvalue weighted by Crippen LogP contribution is -2.42. The fraction of sp³-hybridized carbons (Fsp3) is 0.281. The smallest absolute Gasteiger partial charge is 0.254 e. The molecule has 1 fully saturated rings. The van der Waals surface area contributed by atoms with Crippen LogP contribution in [-0.2, 0) is 9.53 Å². The Kier molecular flexibility index (Phi) is 8.26. The van der Waals surface area contributed by atoms with Gasteiger partial charge in [-0.05, 0) is 74.7 Å². The molecular formula is C32H34N4O4. The predicted octanol–water partition coefficient (Wildman–Crippen LogP) is 5.42. The van der Waals surface area contributed by atoms with Crippen LogP contribution in [0.1, 0.15) is 34.3 Å². The highest BCUT2D eigenvalue weighted by Gasteiger charge is 2.26. The summed E-state index contributed by atoms with van der Waals surface area (Å²) in [7, 11) is 1.63. The first kappa shape index (κ1) is 27.1. The number of ether oxygens (including phenoxy) is 2. The van der Waals surface area contributed by atoms with Crippen molar-refractivity contribution in [2.75, 3.05) is 32.1 Å². The molecule has 1 aliphatic heterocycles. The third-order valence-electron chi connectivity index (χ3n) is 7.10. The average Bonchev–Trinajstić information content (AvgIpc) is 3.63. The van der Waals surface area contributed by atoms with E-state index in [1.54, 1.807) is 18.1 Å². The zero-order valence-corrected chi connectivity index (χ0v) is 23.1. The summed E-state index contributed by atoms with van der Waals surface area (Å²) in [5.41, 5.74) is 5.02. The number of anilines is 1. The molecule has 0 spiro atoms. The first-order valence-electron chi connectivity index (χ1n) is 13.5. The van der Waals surface area contributed by atoms with Gasteiger partial charge in [-0.2, -0.15) is 0 Å². The van der Waals surface area contributed by atoms with E-state index in [1.165, 1.54) is 0 Å². The van der Waals surface area contributed by atoms with E-state index in [1.807, 2.05) is 91.3 Å². The molecule has 1 aromatic heterocycles. The summed E-state index contributed by atoms with van der Waals surface area (Å²) in [6.45, 7) is 4.83. The lowest BCUT2D eigenvalue weighted by Gasteiger charge is -2.25. The van der Waals surface area contributed by atoms with Crippen molar-refractivity contribution in [3.8, 4) is 22.7 Å². The maximum Gasteiger partial charge on any atom is 0.254 e. The summed E-state index contributed by atoms with van der Waals surface area (Å²) >= 11 is 0. The Balaban J connectivity index is 1.42. The van der Waals surface area contributed by atoms with E-state index in [0.717, 1.165) is 41.0 Å². The van der Waals surface area contributed by atoms with Gasteiger partial charge in [0.1, 0.15) is 12.3 Å². The standard InChI is InChI=1S/C32H34N4O4/c1-22-10-14-25(15-11-22)36-20-29(24-12-16-26(39-3)17-13-24)33-32(36)34-30(37)21-35(19-27-8-6-18-40-27)31(38)28-9-5-4-7-23(28)2/h4-5,7,9-17,20,27H,6,8,18-19,21H2,1-3H3,(H,33,34,37)/t27-/m0/s1. The predicted molar refractivity (Wildman–Crippen MR) is 155 cm³/mol. The highest BCUT2D eigenvalue weighted by molar-refractivity contribution is 6.00. The fourth-order valence-electron chi connectivity index (χ4n) is 4.85. The average molecular weight is 539 g/mol. The van der Waals surface area contributed by atoms with Gasteiger partial charge in [-0.25, -0.2) is 4.98 Å². The summed E-state index contributed by atoms with van der Waals surface area (Å²) < 4.78 is 12.9. The molecule has 0 bridgehead atoms. The molecule has 0 saturated carbocycles. The number of nitrogens with one attached hydrogen (secondary N) is 1. The molecule has 4 aromatic rings. The molecule has 8 heteroatoms. The summed E-state index contributed by atoms with van der Waals surface area (Å²) in [4.78, 5) is 33.4. The number of hydrogen-bond donors (Lipinski definition) is 1. The molecule has 1 N–H and O–H groups in total. The number of aryl methyl sites for hydroxylation is 2. The molecule has 8 nitrogen and oxygen atoms in total. The minimum atomic E-state index is -0.333. The second kappa shape index (κ2) is 12.2. The maximum absolute atomic E-state index is 13.6. The first-order chi connectivity index (χ1) is 19.4. The first-order valence-corrected chi connectivity index (χ1v) is 13.5. The molecule has 206 valence electrons. The lowest BCUT2D eigenvalue weighted by atomic mass is 10.1. The molecule has 0 radical (unpaired) electrons. The number of nitrogens with zero attached hydrogens (tertiary/aromatic N) is 3. The number of aromatic nitrogens is 2. The number of carbonyl (C=O) groups is 2. The van der Waals surface area contributed by atoms with Crippen LogP contribution in [0, 0.1) is 13.8 Å². The van der Waals surface area contributed by atoms with Gasteiger partial charge in [-0.15, -0.1) is 0 Å². The van der Waals surface area contributed by atoms with E-state index in [-0.39, 0.29) is 24.5 Å². The molecule has 5 rings (SSSR count). The summed E-state index contributed by atoms with van der Waals surface area (Å²) in [5.74, 6) is 0.602.